The van der Waals surface area contributed by atoms with Crippen molar-refractivity contribution in [2.24, 2.45) is 0 Å². The van der Waals surface area contributed by atoms with E-state index in [9.17, 15) is 9.59 Å². The van der Waals surface area contributed by atoms with Gasteiger partial charge in [0.25, 0.3) is 0 Å². The lowest BCUT2D eigenvalue weighted by molar-refractivity contribution is -0.143. The number of carbonyl (C=O) groups is 2. The summed E-state index contributed by atoms with van der Waals surface area (Å²) < 4.78 is 4.82. The normalized spacial score (nSPS) is 12.0. The van der Waals surface area contributed by atoms with E-state index < -0.39 is 12.0 Å². The van der Waals surface area contributed by atoms with E-state index in [4.69, 9.17) is 27.9 Å². The van der Waals surface area contributed by atoms with Crippen LogP contribution in [0.1, 0.15) is 23.7 Å². The first-order valence-electron chi connectivity index (χ1n) is 5.81. The Morgan fingerprint density at radius 3 is 2.53 bits per heavy atom. The van der Waals surface area contributed by atoms with Crippen LogP contribution in [0.4, 0.5) is 0 Å². The first-order chi connectivity index (χ1) is 8.99. The second kappa shape index (κ2) is 7.48. The van der Waals surface area contributed by atoms with E-state index in [1.807, 2.05) is 0 Å². The highest BCUT2D eigenvalue weighted by atomic mass is 35.5. The van der Waals surface area contributed by atoms with Crippen molar-refractivity contribution in [1.29, 1.82) is 0 Å². The Balaban J connectivity index is 2.83. The van der Waals surface area contributed by atoms with Crippen molar-refractivity contribution in [1.82, 2.24) is 5.32 Å². The van der Waals surface area contributed by atoms with Crippen molar-refractivity contribution in [2.75, 3.05) is 13.7 Å². The standard InChI is InChI=1S/C13H15Cl2NO3/c1-3-19-12(17)7-11(16-2)13(18)8-4-5-9(14)10(15)6-8/h4-6,11,16H,3,7H2,1-2H3. The van der Waals surface area contributed by atoms with Gasteiger partial charge in [-0.15, -0.1) is 0 Å². The maximum absolute atomic E-state index is 12.2. The Morgan fingerprint density at radius 2 is 2.00 bits per heavy atom. The summed E-state index contributed by atoms with van der Waals surface area (Å²) in [6.07, 6.45) is -0.0244. The SMILES string of the molecule is CCOC(=O)CC(NC)C(=O)c1ccc(Cl)c(Cl)c1. The fourth-order valence-corrected chi connectivity index (χ4v) is 1.86. The minimum absolute atomic E-state index is 0.0244. The van der Waals surface area contributed by atoms with E-state index in [1.165, 1.54) is 6.07 Å². The molecule has 1 aromatic carbocycles. The highest BCUT2D eigenvalue weighted by molar-refractivity contribution is 6.42. The van der Waals surface area contributed by atoms with E-state index in [1.54, 1.807) is 26.1 Å². The van der Waals surface area contributed by atoms with Crippen molar-refractivity contribution < 1.29 is 14.3 Å². The monoisotopic (exact) mass is 303 g/mol. The zero-order chi connectivity index (χ0) is 14.4. The summed E-state index contributed by atoms with van der Waals surface area (Å²) >= 11 is 11.7. The molecule has 0 spiro atoms. The van der Waals surface area contributed by atoms with Gasteiger partial charge in [-0.1, -0.05) is 23.2 Å². The minimum Gasteiger partial charge on any atom is -0.466 e. The summed E-state index contributed by atoms with van der Waals surface area (Å²) in [6.45, 7) is 2.00. The summed E-state index contributed by atoms with van der Waals surface area (Å²) in [5.74, 6) is -0.649. The number of ether oxygens (including phenoxy) is 1. The Kier molecular flexibility index (Phi) is 6.28. The lowest BCUT2D eigenvalue weighted by Crippen LogP contribution is -2.36. The van der Waals surface area contributed by atoms with Gasteiger partial charge in [0.15, 0.2) is 5.78 Å². The molecule has 1 aromatic rings. The topological polar surface area (TPSA) is 55.4 Å². The number of likely N-dealkylation sites (N-methyl/N-ethyl adjacent to an activating group) is 1. The molecule has 1 rings (SSSR count). The molecule has 1 N–H and O–H groups in total. The molecule has 0 fully saturated rings. The van der Waals surface area contributed by atoms with E-state index in [0.29, 0.717) is 15.6 Å². The molecule has 19 heavy (non-hydrogen) atoms. The number of esters is 1. The molecule has 0 aliphatic rings. The molecule has 0 aromatic heterocycles. The van der Waals surface area contributed by atoms with Crippen LogP contribution in [-0.2, 0) is 9.53 Å². The summed E-state index contributed by atoms with van der Waals surface area (Å²) in [6, 6.07) is 3.97. The van der Waals surface area contributed by atoms with Crippen LogP contribution < -0.4 is 5.32 Å². The molecular weight excluding hydrogens is 289 g/mol. The first kappa shape index (κ1) is 16.0. The van der Waals surface area contributed by atoms with Crippen molar-refractivity contribution in [3.63, 3.8) is 0 Å². The quantitative estimate of drug-likeness (QED) is 0.648. The Hall–Kier alpha value is -1.10. The van der Waals surface area contributed by atoms with Crippen LogP contribution in [0.15, 0.2) is 18.2 Å². The molecule has 0 heterocycles. The van der Waals surface area contributed by atoms with Gasteiger partial charge >= 0.3 is 5.97 Å². The van der Waals surface area contributed by atoms with Crippen LogP contribution in [0.3, 0.4) is 0 Å². The Bertz CT molecular complexity index is 477. The van der Waals surface area contributed by atoms with Gasteiger partial charge in [0.05, 0.1) is 29.1 Å². The van der Waals surface area contributed by atoms with Crippen molar-refractivity contribution in [2.45, 2.75) is 19.4 Å². The predicted octanol–water partition coefficient (Wildman–Crippen LogP) is 2.72. The van der Waals surface area contributed by atoms with E-state index in [2.05, 4.69) is 5.32 Å². The zero-order valence-electron chi connectivity index (χ0n) is 10.7. The van der Waals surface area contributed by atoms with Gasteiger partial charge in [-0.3, -0.25) is 9.59 Å². The second-order valence-corrected chi connectivity index (χ2v) is 4.66. The largest absolute Gasteiger partial charge is 0.466 e. The van der Waals surface area contributed by atoms with Crippen LogP contribution in [0.25, 0.3) is 0 Å². The maximum atomic E-state index is 12.2. The number of rotatable bonds is 6. The summed E-state index contributed by atoms with van der Waals surface area (Å²) in [7, 11) is 1.61. The third-order valence-electron chi connectivity index (χ3n) is 2.55. The fraction of sp³-hybridized carbons (Fsp3) is 0.385. The lowest BCUT2D eigenvalue weighted by atomic mass is 10.0. The molecule has 0 saturated carbocycles. The third-order valence-corrected chi connectivity index (χ3v) is 3.28. The van der Waals surface area contributed by atoms with Gasteiger partial charge in [0, 0.05) is 5.56 Å². The van der Waals surface area contributed by atoms with Gasteiger partial charge < -0.3 is 10.1 Å². The zero-order valence-corrected chi connectivity index (χ0v) is 12.2. The second-order valence-electron chi connectivity index (χ2n) is 3.84. The fourth-order valence-electron chi connectivity index (χ4n) is 1.56. The minimum atomic E-state index is -0.642. The molecular formula is C13H15Cl2NO3. The molecule has 6 heteroatoms. The molecule has 104 valence electrons. The average molecular weight is 304 g/mol. The van der Waals surface area contributed by atoms with E-state index in [0.717, 1.165) is 0 Å². The van der Waals surface area contributed by atoms with Crippen molar-refractivity contribution in [3.05, 3.63) is 33.8 Å². The van der Waals surface area contributed by atoms with E-state index >= 15 is 0 Å². The van der Waals surface area contributed by atoms with Gasteiger partial charge in [-0.25, -0.2) is 0 Å². The molecule has 0 amide bonds. The molecule has 0 aliphatic heterocycles. The number of carbonyl (C=O) groups excluding carboxylic acids is 2. The third kappa shape index (κ3) is 4.49. The van der Waals surface area contributed by atoms with Gasteiger partial charge in [0.2, 0.25) is 0 Å². The highest BCUT2D eigenvalue weighted by Gasteiger charge is 2.22. The van der Waals surface area contributed by atoms with Crippen LogP contribution in [0.2, 0.25) is 10.0 Å². The summed E-state index contributed by atoms with van der Waals surface area (Å²) in [4.78, 5) is 23.6. The molecule has 0 bridgehead atoms. The molecule has 1 atom stereocenters. The van der Waals surface area contributed by atoms with Crippen LogP contribution in [0, 0.1) is 0 Å². The van der Waals surface area contributed by atoms with Gasteiger partial charge in [-0.2, -0.15) is 0 Å². The summed E-state index contributed by atoms with van der Waals surface area (Å²) in [5, 5.41) is 3.48. The lowest BCUT2D eigenvalue weighted by Gasteiger charge is -2.14. The number of Topliss-reactive ketones (excluding diaryl/α,β-unsaturated/α-hetero) is 1. The number of hydrogen-bond donors (Lipinski definition) is 1. The van der Waals surface area contributed by atoms with Crippen molar-refractivity contribution in [3.8, 4) is 0 Å². The number of hydrogen-bond acceptors (Lipinski definition) is 4. The molecule has 4 nitrogen and oxygen atoms in total. The van der Waals surface area contributed by atoms with Crippen LogP contribution in [0.5, 0.6) is 0 Å². The summed E-state index contributed by atoms with van der Waals surface area (Å²) in [5.41, 5.74) is 0.401. The maximum Gasteiger partial charge on any atom is 0.307 e. The number of benzene rings is 1. The van der Waals surface area contributed by atoms with E-state index in [-0.39, 0.29) is 18.8 Å². The predicted molar refractivity (Wildman–Crippen MR) is 74.9 cm³/mol. The molecule has 0 aliphatic carbocycles. The highest BCUT2D eigenvalue weighted by Crippen LogP contribution is 2.23. The molecule has 0 saturated heterocycles. The Morgan fingerprint density at radius 1 is 1.32 bits per heavy atom. The van der Waals surface area contributed by atoms with Gasteiger partial charge in [-0.05, 0) is 32.2 Å². The molecule has 1 unspecified atom stereocenters. The Labute approximate surface area is 122 Å². The number of halogens is 2. The number of nitrogens with one attached hydrogen (secondary N) is 1. The average Bonchev–Trinajstić information content (AvgIpc) is 2.38. The van der Waals surface area contributed by atoms with Gasteiger partial charge in [0.1, 0.15) is 0 Å². The van der Waals surface area contributed by atoms with Crippen molar-refractivity contribution >= 4 is 35.0 Å². The van der Waals surface area contributed by atoms with Crippen LogP contribution in [-0.4, -0.2) is 31.4 Å². The smallest absolute Gasteiger partial charge is 0.307 e. The first-order valence-corrected chi connectivity index (χ1v) is 6.57. The molecule has 0 radical (unpaired) electrons. The van der Waals surface area contributed by atoms with Crippen LogP contribution >= 0.6 is 23.2 Å². The number of ketones is 1.